The third kappa shape index (κ3) is 6.71. The molecule has 1 heterocycles. The summed E-state index contributed by atoms with van der Waals surface area (Å²) in [4.78, 5) is 26.3. The average molecular weight is 435 g/mol. The highest BCUT2D eigenvalue weighted by atomic mass is 19.4. The number of rotatable bonds is 7. The highest BCUT2D eigenvalue weighted by Gasteiger charge is 2.34. The Kier molecular flexibility index (Phi) is 7.17. The van der Waals surface area contributed by atoms with Crippen LogP contribution in [0.3, 0.4) is 0 Å². The number of alkyl halides is 3. The van der Waals surface area contributed by atoms with Gasteiger partial charge in [0.05, 0.1) is 18.3 Å². The number of carbonyl (C=O) groups is 2. The maximum Gasteiger partial charge on any atom is 0.405 e. The molecule has 2 aromatic carbocycles. The van der Waals surface area contributed by atoms with Crippen LogP contribution in [0.2, 0.25) is 0 Å². The monoisotopic (exact) mass is 435 g/mol. The minimum absolute atomic E-state index is 0.108. The zero-order chi connectivity index (χ0) is 22.4. The Labute approximate surface area is 178 Å². The van der Waals surface area contributed by atoms with Crippen molar-refractivity contribution in [3.63, 3.8) is 0 Å². The summed E-state index contributed by atoms with van der Waals surface area (Å²) in [5.74, 6) is -0.0185. The van der Waals surface area contributed by atoms with Gasteiger partial charge in [-0.1, -0.05) is 29.8 Å². The molecule has 0 radical (unpaired) electrons. The number of ether oxygens (including phenoxy) is 1. The molecule has 166 valence electrons. The zero-order valence-corrected chi connectivity index (χ0v) is 17.0. The molecule has 1 fully saturated rings. The van der Waals surface area contributed by atoms with E-state index in [1.54, 1.807) is 29.2 Å². The van der Waals surface area contributed by atoms with E-state index >= 15 is 0 Å². The second-order valence-electron chi connectivity index (χ2n) is 7.42. The number of nitrogens with zero attached hydrogens (tertiary/aromatic N) is 1. The van der Waals surface area contributed by atoms with E-state index in [4.69, 9.17) is 4.74 Å². The van der Waals surface area contributed by atoms with Crippen LogP contribution in [0.1, 0.15) is 18.4 Å². The molecule has 1 aliphatic rings. The maximum atomic E-state index is 12.6. The largest absolute Gasteiger partial charge is 0.455 e. The molecule has 1 aliphatic heterocycles. The van der Waals surface area contributed by atoms with Crippen molar-refractivity contribution < 1.29 is 27.5 Å². The number of aryl methyl sites for hydroxylation is 1. The molecule has 0 aliphatic carbocycles. The second-order valence-corrected chi connectivity index (χ2v) is 7.42. The predicted octanol–water partition coefficient (Wildman–Crippen LogP) is 3.87. The molecule has 1 unspecified atom stereocenters. The lowest BCUT2D eigenvalue weighted by Gasteiger charge is -2.23. The second kappa shape index (κ2) is 9.82. The number of anilines is 1. The van der Waals surface area contributed by atoms with Crippen molar-refractivity contribution in [2.75, 3.05) is 25.0 Å². The number of nitrogens with one attached hydrogen (secondary N) is 2. The molecule has 2 aromatic rings. The van der Waals surface area contributed by atoms with Gasteiger partial charge in [0.15, 0.2) is 5.75 Å². The van der Waals surface area contributed by atoms with Crippen LogP contribution in [0.25, 0.3) is 0 Å². The third-order valence-electron chi connectivity index (χ3n) is 4.89. The molecule has 31 heavy (non-hydrogen) atoms. The molecule has 0 bridgehead atoms. The number of halogens is 3. The van der Waals surface area contributed by atoms with Crippen molar-refractivity contribution >= 4 is 17.5 Å². The average Bonchev–Trinajstić information content (AvgIpc) is 3.17. The van der Waals surface area contributed by atoms with Crippen LogP contribution in [0, 0.1) is 6.92 Å². The van der Waals surface area contributed by atoms with Gasteiger partial charge in [-0.25, -0.2) is 0 Å². The molecule has 0 aromatic heterocycles. The van der Waals surface area contributed by atoms with E-state index in [-0.39, 0.29) is 12.5 Å². The normalized spacial score (nSPS) is 16.7. The van der Waals surface area contributed by atoms with Crippen molar-refractivity contribution in [2.45, 2.75) is 32.0 Å². The van der Waals surface area contributed by atoms with Crippen LogP contribution in [-0.2, 0) is 9.59 Å². The van der Waals surface area contributed by atoms with Gasteiger partial charge in [-0.15, -0.1) is 0 Å². The van der Waals surface area contributed by atoms with E-state index in [2.05, 4.69) is 5.32 Å². The summed E-state index contributed by atoms with van der Waals surface area (Å²) in [6.45, 7) is 0.932. The molecule has 9 heteroatoms. The maximum absolute atomic E-state index is 12.6. The van der Waals surface area contributed by atoms with E-state index in [0.717, 1.165) is 5.56 Å². The standard InChI is InChI=1S/C22H24F3N3O3/c1-15-8-10-16(11-9-15)31-19-7-3-2-5-17(19)27-20(29)13-28-12-4-6-18(28)21(30)26-14-22(23,24)25/h2-3,5,7-11,18H,4,6,12-14H2,1H3,(H,26,30)(H,27,29). The summed E-state index contributed by atoms with van der Waals surface area (Å²) in [5.41, 5.74) is 1.55. The molecule has 6 nitrogen and oxygen atoms in total. The Morgan fingerprint density at radius 1 is 1.13 bits per heavy atom. The first kappa shape index (κ1) is 22.6. The van der Waals surface area contributed by atoms with Gasteiger partial charge in [0.25, 0.3) is 0 Å². The van der Waals surface area contributed by atoms with Gasteiger partial charge < -0.3 is 15.4 Å². The van der Waals surface area contributed by atoms with Crippen LogP contribution in [0.4, 0.5) is 18.9 Å². The van der Waals surface area contributed by atoms with Crippen LogP contribution in [0.5, 0.6) is 11.5 Å². The highest BCUT2D eigenvalue weighted by Crippen LogP contribution is 2.29. The van der Waals surface area contributed by atoms with Gasteiger partial charge in [0.2, 0.25) is 11.8 Å². The van der Waals surface area contributed by atoms with Crippen LogP contribution in [0.15, 0.2) is 48.5 Å². The Balaban J connectivity index is 1.60. The minimum Gasteiger partial charge on any atom is -0.455 e. The summed E-state index contributed by atoms with van der Waals surface area (Å²) in [6.07, 6.45) is -3.44. The van der Waals surface area contributed by atoms with E-state index in [1.807, 2.05) is 36.5 Å². The van der Waals surface area contributed by atoms with E-state index in [9.17, 15) is 22.8 Å². The fourth-order valence-corrected chi connectivity index (χ4v) is 3.38. The number of benzene rings is 2. The molecule has 0 spiro atoms. The highest BCUT2D eigenvalue weighted by molar-refractivity contribution is 5.94. The predicted molar refractivity (Wildman–Crippen MR) is 110 cm³/mol. The van der Waals surface area contributed by atoms with Gasteiger partial charge in [-0.05, 0) is 50.6 Å². The fourth-order valence-electron chi connectivity index (χ4n) is 3.38. The SMILES string of the molecule is Cc1ccc(Oc2ccccc2NC(=O)CN2CCCC2C(=O)NCC(F)(F)F)cc1. The van der Waals surface area contributed by atoms with Gasteiger partial charge in [-0.3, -0.25) is 14.5 Å². The van der Waals surface area contributed by atoms with Gasteiger partial charge >= 0.3 is 6.18 Å². The lowest BCUT2D eigenvalue weighted by Crippen LogP contribution is -2.47. The number of hydrogen-bond acceptors (Lipinski definition) is 4. The Hall–Kier alpha value is -3.07. The summed E-state index contributed by atoms with van der Waals surface area (Å²) in [6, 6.07) is 13.7. The number of likely N-dealkylation sites (tertiary alicyclic amines) is 1. The Morgan fingerprint density at radius 2 is 1.84 bits per heavy atom. The van der Waals surface area contributed by atoms with Crippen LogP contribution in [-0.4, -0.2) is 48.6 Å². The summed E-state index contributed by atoms with van der Waals surface area (Å²) in [7, 11) is 0. The lowest BCUT2D eigenvalue weighted by atomic mass is 10.2. The number of hydrogen-bond donors (Lipinski definition) is 2. The Morgan fingerprint density at radius 3 is 2.55 bits per heavy atom. The molecule has 2 N–H and O–H groups in total. The topological polar surface area (TPSA) is 70.7 Å². The van der Waals surface area contributed by atoms with Gasteiger partial charge in [0.1, 0.15) is 12.3 Å². The molecular formula is C22H24F3N3O3. The van der Waals surface area contributed by atoms with Crippen molar-refractivity contribution in [1.82, 2.24) is 10.2 Å². The van der Waals surface area contributed by atoms with E-state index in [0.29, 0.717) is 36.6 Å². The van der Waals surface area contributed by atoms with Crippen molar-refractivity contribution in [3.05, 3.63) is 54.1 Å². The molecule has 0 saturated carbocycles. The first-order valence-electron chi connectivity index (χ1n) is 9.93. The van der Waals surface area contributed by atoms with Crippen molar-refractivity contribution in [3.8, 4) is 11.5 Å². The molecular weight excluding hydrogens is 411 g/mol. The Bertz CT molecular complexity index is 916. The molecule has 1 atom stereocenters. The van der Waals surface area contributed by atoms with E-state index < -0.39 is 24.7 Å². The smallest absolute Gasteiger partial charge is 0.405 e. The number of para-hydroxylation sites is 2. The first-order valence-corrected chi connectivity index (χ1v) is 9.93. The summed E-state index contributed by atoms with van der Waals surface area (Å²) < 4.78 is 42.9. The molecule has 3 rings (SSSR count). The van der Waals surface area contributed by atoms with Gasteiger partial charge in [0, 0.05) is 0 Å². The van der Waals surface area contributed by atoms with Crippen molar-refractivity contribution in [1.29, 1.82) is 0 Å². The van der Waals surface area contributed by atoms with Crippen LogP contribution >= 0.6 is 0 Å². The minimum atomic E-state index is -4.47. The third-order valence-corrected chi connectivity index (χ3v) is 4.89. The zero-order valence-electron chi connectivity index (χ0n) is 17.0. The van der Waals surface area contributed by atoms with Gasteiger partial charge in [-0.2, -0.15) is 13.2 Å². The lowest BCUT2D eigenvalue weighted by molar-refractivity contribution is -0.141. The van der Waals surface area contributed by atoms with E-state index in [1.165, 1.54) is 0 Å². The molecule has 1 saturated heterocycles. The first-order chi connectivity index (χ1) is 14.7. The number of carbonyl (C=O) groups excluding carboxylic acids is 2. The summed E-state index contributed by atoms with van der Waals surface area (Å²) >= 11 is 0. The molecule has 2 amide bonds. The van der Waals surface area contributed by atoms with Crippen molar-refractivity contribution in [2.24, 2.45) is 0 Å². The number of amides is 2. The van der Waals surface area contributed by atoms with Crippen LogP contribution < -0.4 is 15.4 Å². The fraction of sp³-hybridized carbons (Fsp3) is 0.364. The quantitative estimate of drug-likeness (QED) is 0.693. The summed E-state index contributed by atoms with van der Waals surface area (Å²) in [5, 5.41) is 4.67.